The van der Waals surface area contributed by atoms with Crippen LogP contribution >= 0.6 is 0 Å². The lowest BCUT2D eigenvalue weighted by Crippen LogP contribution is -2.41. The van der Waals surface area contributed by atoms with Gasteiger partial charge >= 0.3 is 0 Å². The van der Waals surface area contributed by atoms with Crippen molar-refractivity contribution in [2.75, 3.05) is 0 Å². The molecule has 118 valence electrons. The van der Waals surface area contributed by atoms with Crippen LogP contribution < -0.4 is 10.9 Å². The number of hydrogen-bond donors (Lipinski definition) is 2. The van der Waals surface area contributed by atoms with Gasteiger partial charge in [-0.25, -0.2) is 4.39 Å². The average Bonchev–Trinajstić information content (AvgIpc) is 2.53. The summed E-state index contributed by atoms with van der Waals surface area (Å²) in [5.41, 5.74) is 7.27. The van der Waals surface area contributed by atoms with Crippen LogP contribution in [0.2, 0.25) is 0 Å². The van der Waals surface area contributed by atoms with Crippen LogP contribution in [0.15, 0.2) is 54.6 Å². The van der Waals surface area contributed by atoms with E-state index in [0.29, 0.717) is 5.56 Å². The highest BCUT2D eigenvalue weighted by molar-refractivity contribution is 5.93. The van der Waals surface area contributed by atoms with Gasteiger partial charge in [0.15, 0.2) is 0 Å². The Balaban J connectivity index is 1.79. The first-order chi connectivity index (χ1) is 11.0. The lowest BCUT2D eigenvalue weighted by molar-refractivity contribution is -0.126. The van der Waals surface area contributed by atoms with Gasteiger partial charge in [0, 0.05) is 6.08 Å². The fraction of sp³-hybridized carbons (Fsp3) is 0.111. The molecular formula is C18H17FN2O2. The van der Waals surface area contributed by atoms with E-state index in [9.17, 15) is 14.0 Å². The summed E-state index contributed by atoms with van der Waals surface area (Å²) in [5.74, 6) is -1.17. The molecule has 2 rings (SSSR count). The molecule has 0 spiro atoms. The lowest BCUT2D eigenvalue weighted by atomic mass is 10.1. The third kappa shape index (κ3) is 5.74. The van der Waals surface area contributed by atoms with Gasteiger partial charge < -0.3 is 0 Å². The van der Waals surface area contributed by atoms with Crippen LogP contribution in [0.1, 0.15) is 16.7 Å². The van der Waals surface area contributed by atoms with Crippen LogP contribution in [0.3, 0.4) is 0 Å². The molecule has 0 fully saturated rings. The molecule has 0 aliphatic rings. The predicted octanol–water partition coefficient (Wildman–Crippen LogP) is 2.54. The van der Waals surface area contributed by atoms with Gasteiger partial charge in [0.05, 0.1) is 6.42 Å². The van der Waals surface area contributed by atoms with Crippen LogP contribution in [-0.2, 0) is 16.0 Å². The Labute approximate surface area is 134 Å². The van der Waals surface area contributed by atoms with Gasteiger partial charge in [0.2, 0.25) is 5.91 Å². The number of carbonyl (C=O) groups is 2. The van der Waals surface area contributed by atoms with Crippen LogP contribution in [0.4, 0.5) is 4.39 Å². The molecule has 23 heavy (non-hydrogen) atoms. The zero-order chi connectivity index (χ0) is 16.7. The van der Waals surface area contributed by atoms with Crippen molar-refractivity contribution in [1.82, 2.24) is 10.9 Å². The molecule has 0 saturated carbocycles. The second-order valence-corrected chi connectivity index (χ2v) is 5.09. The van der Waals surface area contributed by atoms with Crippen molar-refractivity contribution in [2.45, 2.75) is 13.3 Å². The maximum Gasteiger partial charge on any atom is 0.262 e. The molecule has 5 heteroatoms. The fourth-order valence-electron chi connectivity index (χ4n) is 1.95. The molecule has 0 aliphatic carbocycles. The van der Waals surface area contributed by atoms with E-state index in [0.717, 1.165) is 11.1 Å². The number of nitrogens with one attached hydrogen (secondary N) is 2. The second kappa shape index (κ2) is 7.89. The summed E-state index contributed by atoms with van der Waals surface area (Å²) in [6.45, 7) is 1.97. The molecule has 0 aliphatic heterocycles. The van der Waals surface area contributed by atoms with Gasteiger partial charge in [-0.1, -0.05) is 42.0 Å². The van der Waals surface area contributed by atoms with Crippen molar-refractivity contribution in [1.29, 1.82) is 0 Å². The Morgan fingerprint density at radius 2 is 1.83 bits per heavy atom. The predicted molar refractivity (Wildman–Crippen MR) is 86.6 cm³/mol. The molecule has 0 saturated heterocycles. The summed E-state index contributed by atoms with van der Waals surface area (Å²) in [4.78, 5) is 23.3. The molecule has 2 aromatic rings. The van der Waals surface area contributed by atoms with Crippen molar-refractivity contribution in [2.24, 2.45) is 0 Å². The molecule has 0 radical (unpaired) electrons. The number of amides is 2. The van der Waals surface area contributed by atoms with Crippen molar-refractivity contribution in [3.8, 4) is 0 Å². The molecule has 0 bridgehead atoms. The van der Waals surface area contributed by atoms with E-state index in [1.807, 2.05) is 31.2 Å². The molecule has 0 aromatic heterocycles. The van der Waals surface area contributed by atoms with Gasteiger partial charge in [-0.3, -0.25) is 20.4 Å². The number of aryl methyl sites for hydroxylation is 1. The quantitative estimate of drug-likeness (QED) is 0.673. The monoisotopic (exact) mass is 312 g/mol. The Kier molecular flexibility index (Phi) is 5.63. The first-order valence-electron chi connectivity index (χ1n) is 7.11. The Hall–Kier alpha value is -2.95. The fourth-order valence-corrected chi connectivity index (χ4v) is 1.95. The van der Waals surface area contributed by atoms with Crippen molar-refractivity contribution >= 4 is 17.9 Å². The summed E-state index contributed by atoms with van der Waals surface area (Å²) < 4.78 is 12.8. The van der Waals surface area contributed by atoms with Crippen LogP contribution in [0.5, 0.6) is 0 Å². The lowest BCUT2D eigenvalue weighted by Gasteiger charge is -2.05. The third-order valence-electron chi connectivity index (χ3n) is 3.07. The van der Waals surface area contributed by atoms with E-state index in [-0.39, 0.29) is 18.1 Å². The van der Waals surface area contributed by atoms with Crippen molar-refractivity contribution in [3.63, 3.8) is 0 Å². The van der Waals surface area contributed by atoms with E-state index in [2.05, 4.69) is 10.9 Å². The first-order valence-corrected chi connectivity index (χ1v) is 7.11. The number of benzene rings is 2. The van der Waals surface area contributed by atoms with E-state index < -0.39 is 5.91 Å². The third-order valence-corrected chi connectivity index (χ3v) is 3.07. The topological polar surface area (TPSA) is 58.2 Å². The minimum absolute atomic E-state index is 0.0577. The smallest absolute Gasteiger partial charge is 0.262 e. The van der Waals surface area contributed by atoms with Crippen LogP contribution in [0, 0.1) is 12.7 Å². The van der Waals surface area contributed by atoms with E-state index in [1.165, 1.54) is 30.3 Å². The molecule has 2 N–H and O–H groups in total. The summed E-state index contributed by atoms with van der Waals surface area (Å²) in [6, 6.07) is 13.3. The summed E-state index contributed by atoms with van der Waals surface area (Å²) >= 11 is 0. The highest BCUT2D eigenvalue weighted by Crippen LogP contribution is 2.05. The summed E-state index contributed by atoms with van der Waals surface area (Å²) in [6.07, 6.45) is 3.06. The van der Waals surface area contributed by atoms with Crippen molar-refractivity contribution < 1.29 is 14.0 Å². The average molecular weight is 312 g/mol. The van der Waals surface area contributed by atoms with Crippen molar-refractivity contribution in [3.05, 3.63) is 77.1 Å². The van der Waals surface area contributed by atoms with Gasteiger partial charge in [0.25, 0.3) is 5.91 Å². The van der Waals surface area contributed by atoms with Crippen LogP contribution in [0.25, 0.3) is 6.08 Å². The number of hydrogen-bond acceptors (Lipinski definition) is 2. The number of carbonyl (C=O) groups excluding carboxylic acids is 2. The largest absolute Gasteiger partial charge is 0.273 e. The van der Waals surface area contributed by atoms with E-state index in [1.54, 1.807) is 6.08 Å². The Bertz CT molecular complexity index is 724. The SMILES string of the molecule is Cc1cccc(/C=C/C(=O)NNC(=O)Cc2ccc(F)cc2)c1. The molecule has 0 unspecified atom stereocenters. The second-order valence-electron chi connectivity index (χ2n) is 5.09. The standard InChI is InChI=1S/C18H17FN2O2/c1-13-3-2-4-14(11-13)7-10-17(22)20-21-18(23)12-15-5-8-16(19)9-6-15/h2-11H,12H2,1H3,(H,20,22)(H,21,23)/b10-7+. The minimum Gasteiger partial charge on any atom is -0.273 e. The van der Waals surface area contributed by atoms with Crippen LogP contribution in [-0.4, -0.2) is 11.8 Å². The van der Waals surface area contributed by atoms with E-state index in [4.69, 9.17) is 0 Å². The Morgan fingerprint density at radius 3 is 2.52 bits per heavy atom. The van der Waals surface area contributed by atoms with E-state index >= 15 is 0 Å². The summed E-state index contributed by atoms with van der Waals surface area (Å²) in [5, 5.41) is 0. The number of halogens is 1. The summed E-state index contributed by atoms with van der Waals surface area (Å²) in [7, 11) is 0. The molecule has 2 aromatic carbocycles. The molecular weight excluding hydrogens is 295 g/mol. The zero-order valence-corrected chi connectivity index (χ0v) is 12.7. The van der Waals surface area contributed by atoms with Gasteiger partial charge in [-0.15, -0.1) is 0 Å². The maximum absolute atomic E-state index is 12.8. The van der Waals surface area contributed by atoms with Gasteiger partial charge in [-0.2, -0.15) is 0 Å². The normalized spacial score (nSPS) is 10.5. The highest BCUT2D eigenvalue weighted by Gasteiger charge is 2.04. The highest BCUT2D eigenvalue weighted by atomic mass is 19.1. The van der Waals surface area contributed by atoms with Gasteiger partial charge in [0.1, 0.15) is 5.82 Å². The first kappa shape index (κ1) is 16.4. The van der Waals surface area contributed by atoms with Gasteiger partial charge in [-0.05, 0) is 36.3 Å². The zero-order valence-electron chi connectivity index (χ0n) is 12.7. The molecule has 0 heterocycles. The molecule has 4 nitrogen and oxygen atoms in total. The Morgan fingerprint density at radius 1 is 1.09 bits per heavy atom. The molecule has 2 amide bonds. The maximum atomic E-state index is 12.8. The number of rotatable bonds is 4. The minimum atomic E-state index is -0.432. The molecule has 0 atom stereocenters. The number of hydrazine groups is 1.